The zero-order valence-corrected chi connectivity index (χ0v) is 11.1. The molecule has 0 aromatic carbocycles. The topological polar surface area (TPSA) is 54.0 Å². The van der Waals surface area contributed by atoms with E-state index in [4.69, 9.17) is 0 Å². The van der Waals surface area contributed by atoms with Crippen LogP contribution in [0, 0.1) is 5.41 Å². The maximum atomic E-state index is 12.4. The summed E-state index contributed by atoms with van der Waals surface area (Å²) in [4.78, 5) is 16.5. The molecule has 1 amide bonds. The van der Waals surface area contributed by atoms with Crippen LogP contribution in [0.15, 0.2) is 24.5 Å². The van der Waals surface area contributed by atoms with Crippen LogP contribution in [0.1, 0.15) is 38.3 Å². The smallest absolute Gasteiger partial charge is 0.228 e. The number of pyridine rings is 1. The Kier molecular flexibility index (Phi) is 3.97. The van der Waals surface area contributed by atoms with E-state index in [1.54, 1.807) is 12.4 Å². The molecule has 98 valence electrons. The van der Waals surface area contributed by atoms with E-state index in [0.717, 1.165) is 31.5 Å². The molecule has 0 radical (unpaired) electrons. The standard InChI is InChI=1S/C14H21N3O/c1-3-14(6-8-16-10-14)13(18)17-11(2)12-5-4-7-15-9-12/h4-5,7,9,11,16H,3,6,8,10H2,1-2H3,(H,17,18). The van der Waals surface area contributed by atoms with Crippen molar-refractivity contribution in [2.75, 3.05) is 13.1 Å². The van der Waals surface area contributed by atoms with Crippen molar-refractivity contribution in [3.63, 3.8) is 0 Å². The number of hydrogen-bond acceptors (Lipinski definition) is 3. The molecule has 0 saturated carbocycles. The molecule has 2 unspecified atom stereocenters. The molecule has 2 atom stereocenters. The zero-order chi connectivity index (χ0) is 13.0. The van der Waals surface area contributed by atoms with Crippen molar-refractivity contribution in [3.05, 3.63) is 30.1 Å². The summed E-state index contributed by atoms with van der Waals surface area (Å²) in [5.74, 6) is 0.159. The van der Waals surface area contributed by atoms with Gasteiger partial charge in [0, 0.05) is 18.9 Å². The summed E-state index contributed by atoms with van der Waals surface area (Å²) >= 11 is 0. The molecular weight excluding hydrogens is 226 g/mol. The molecule has 1 aromatic rings. The van der Waals surface area contributed by atoms with Gasteiger partial charge in [0.25, 0.3) is 0 Å². The Morgan fingerprint density at radius 3 is 3.06 bits per heavy atom. The SMILES string of the molecule is CCC1(C(=O)NC(C)c2cccnc2)CCNC1. The number of carbonyl (C=O) groups is 1. The highest BCUT2D eigenvalue weighted by Gasteiger charge is 2.39. The summed E-state index contributed by atoms with van der Waals surface area (Å²) in [6.07, 6.45) is 5.35. The first-order chi connectivity index (χ1) is 8.68. The summed E-state index contributed by atoms with van der Waals surface area (Å²) in [5.41, 5.74) is 0.819. The molecule has 2 heterocycles. The monoisotopic (exact) mass is 247 g/mol. The number of aromatic nitrogens is 1. The lowest BCUT2D eigenvalue weighted by molar-refractivity contribution is -0.131. The quantitative estimate of drug-likeness (QED) is 0.850. The Labute approximate surface area is 108 Å². The summed E-state index contributed by atoms with van der Waals surface area (Å²) < 4.78 is 0. The molecule has 2 rings (SSSR count). The average molecular weight is 247 g/mol. The number of hydrogen-bond donors (Lipinski definition) is 2. The van der Waals surface area contributed by atoms with Gasteiger partial charge in [-0.15, -0.1) is 0 Å². The maximum absolute atomic E-state index is 12.4. The second-order valence-corrected chi connectivity index (χ2v) is 5.04. The summed E-state index contributed by atoms with van der Waals surface area (Å²) in [7, 11) is 0. The highest BCUT2D eigenvalue weighted by molar-refractivity contribution is 5.83. The van der Waals surface area contributed by atoms with Crippen LogP contribution in [0.25, 0.3) is 0 Å². The van der Waals surface area contributed by atoms with Crippen molar-refractivity contribution in [1.29, 1.82) is 0 Å². The molecule has 1 aliphatic rings. The Bertz CT molecular complexity index is 399. The van der Waals surface area contributed by atoms with Crippen LogP contribution in [0.3, 0.4) is 0 Å². The van der Waals surface area contributed by atoms with Gasteiger partial charge in [0.2, 0.25) is 5.91 Å². The van der Waals surface area contributed by atoms with Crippen molar-refractivity contribution < 1.29 is 4.79 Å². The Morgan fingerprint density at radius 1 is 1.67 bits per heavy atom. The molecule has 0 spiro atoms. The van der Waals surface area contributed by atoms with E-state index in [1.165, 1.54) is 0 Å². The first-order valence-electron chi connectivity index (χ1n) is 6.59. The minimum Gasteiger partial charge on any atom is -0.349 e. The van der Waals surface area contributed by atoms with Crippen molar-refractivity contribution in [2.24, 2.45) is 5.41 Å². The highest BCUT2D eigenvalue weighted by atomic mass is 16.2. The van der Waals surface area contributed by atoms with Crippen LogP contribution >= 0.6 is 0 Å². The fraction of sp³-hybridized carbons (Fsp3) is 0.571. The molecule has 4 nitrogen and oxygen atoms in total. The van der Waals surface area contributed by atoms with Gasteiger partial charge in [0.15, 0.2) is 0 Å². The lowest BCUT2D eigenvalue weighted by Gasteiger charge is -2.27. The third kappa shape index (κ3) is 2.53. The van der Waals surface area contributed by atoms with Crippen LogP contribution < -0.4 is 10.6 Å². The van der Waals surface area contributed by atoms with Crippen LogP contribution in [-0.2, 0) is 4.79 Å². The Hall–Kier alpha value is -1.42. The minimum atomic E-state index is -0.226. The largest absolute Gasteiger partial charge is 0.349 e. The summed E-state index contributed by atoms with van der Waals surface area (Å²) in [6, 6.07) is 3.89. The molecule has 0 aliphatic carbocycles. The van der Waals surface area contributed by atoms with E-state index in [2.05, 4.69) is 22.5 Å². The van der Waals surface area contributed by atoms with Crippen molar-refractivity contribution in [3.8, 4) is 0 Å². The maximum Gasteiger partial charge on any atom is 0.228 e. The van der Waals surface area contributed by atoms with Gasteiger partial charge in [0.1, 0.15) is 0 Å². The van der Waals surface area contributed by atoms with Crippen molar-refractivity contribution in [2.45, 2.75) is 32.7 Å². The predicted octanol–water partition coefficient (Wildman–Crippen LogP) is 1.65. The van der Waals surface area contributed by atoms with Gasteiger partial charge >= 0.3 is 0 Å². The number of amides is 1. The molecule has 4 heteroatoms. The van der Waals surface area contributed by atoms with Gasteiger partial charge in [-0.25, -0.2) is 0 Å². The fourth-order valence-electron chi connectivity index (χ4n) is 2.47. The van der Waals surface area contributed by atoms with E-state index < -0.39 is 0 Å². The normalized spacial score (nSPS) is 24.8. The number of nitrogens with one attached hydrogen (secondary N) is 2. The van der Waals surface area contributed by atoms with E-state index >= 15 is 0 Å². The molecule has 2 N–H and O–H groups in total. The average Bonchev–Trinajstić information content (AvgIpc) is 2.89. The highest BCUT2D eigenvalue weighted by Crippen LogP contribution is 2.30. The minimum absolute atomic E-state index is 0.00947. The second-order valence-electron chi connectivity index (χ2n) is 5.04. The summed E-state index contributed by atoms with van der Waals surface area (Å²) in [5, 5.41) is 6.40. The second kappa shape index (κ2) is 5.48. The Balaban J connectivity index is 2.03. The first-order valence-corrected chi connectivity index (χ1v) is 6.59. The van der Waals surface area contributed by atoms with Crippen LogP contribution in [-0.4, -0.2) is 24.0 Å². The third-order valence-corrected chi connectivity index (χ3v) is 3.93. The Morgan fingerprint density at radius 2 is 2.50 bits per heavy atom. The van der Waals surface area contributed by atoms with Crippen molar-refractivity contribution >= 4 is 5.91 Å². The van der Waals surface area contributed by atoms with Gasteiger partial charge in [-0.3, -0.25) is 9.78 Å². The summed E-state index contributed by atoms with van der Waals surface area (Å²) in [6.45, 7) is 5.81. The molecule has 1 aromatic heterocycles. The van der Waals surface area contributed by atoms with Crippen LogP contribution in [0.4, 0.5) is 0 Å². The number of nitrogens with zero attached hydrogens (tertiary/aromatic N) is 1. The fourth-order valence-corrected chi connectivity index (χ4v) is 2.47. The van der Waals surface area contributed by atoms with Crippen LogP contribution in [0.5, 0.6) is 0 Å². The van der Waals surface area contributed by atoms with Crippen molar-refractivity contribution in [1.82, 2.24) is 15.6 Å². The zero-order valence-electron chi connectivity index (χ0n) is 11.1. The molecule has 1 aliphatic heterocycles. The van der Waals surface area contributed by atoms with E-state index in [-0.39, 0.29) is 17.4 Å². The third-order valence-electron chi connectivity index (χ3n) is 3.93. The van der Waals surface area contributed by atoms with Gasteiger partial charge in [-0.2, -0.15) is 0 Å². The van der Waals surface area contributed by atoms with Gasteiger partial charge in [-0.1, -0.05) is 13.0 Å². The predicted molar refractivity (Wildman–Crippen MR) is 71.0 cm³/mol. The lowest BCUT2D eigenvalue weighted by Crippen LogP contribution is -2.43. The molecule has 1 fully saturated rings. The molecular formula is C14H21N3O. The van der Waals surface area contributed by atoms with Gasteiger partial charge in [-0.05, 0) is 37.9 Å². The van der Waals surface area contributed by atoms with E-state index in [1.807, 2.05) is 19.1 Å². The molecule has 0 bridgehead atoms. The van der Waals surface area contributed by atoms with Gasteiger partial charge < -0.3 is 10.6 Å². The molecule has 18 heavy (non-hydrogen) atoms. The number of rotatable bonds is 4. The van der Waals surface area contributed by atoms with Gasteiger partial charge in [0.05, 0.1) is 11.5 Å². The van der Waals surface area contributed by atoms with E-state index in [9.17, 15) is 4.79 Å². The number of carbonyl (C=O) groups excluding carboxylic acids is 1. The first kappa shape index (κ1) is 13.0. The van der Waals surface area contributed by atoms with E-state index in [0.29, 0.717) is 0 Å². The molecule has 1 saturated heterocycles. The lowest BCUT2D eigenvalue weighted by atomic mass is 9.83. The van der Waals surface area contributed by atoms with Crippen LogP contribution in [0.2, 0.25) is 0 Å².